The predicted octanol–water partition coefficient (Wildman–Crippen LogP) is 4.14. The minimum absolute atomic E-state index is 0.133. The monoisotopic (exact) mass is 479 g/mol. The van der Waals surface area contributed by atoms with Gasteiger partial charge in [0.1, 0.15) is 0 Å². The Hall–Kier alpha value is -2.07. The van der Waals surface area contributed by atoms with Crippen molar-refractivity contribution < 1.29 is 13.2 Å². The third kappa shape index (κ3) is 4.85. The molecule has 0 unspecified atom stereocenters. The summed E-state index contributed by atoms with van der Waals surface area (Å²) in [5.74, 6) is -0.416. The summed E-state index contributed by atoms with van der Waals surface area (Å²) in [4.78, 5) is 16.8. The number of thiazole rings is 1. The molecule has 0 aliphatic rings. The van der Waals surface area contributed by atoms with Crippen LogP contribution < -0.4 is 5.32 Å². The molecule has 0 aliphatic heterocycles. The fourth-order valence-corrected chi connectivity index (χ4v) is 4.51. The maximum Gasteiger partial charge on any atom is 0.243 e. The van der Waals surface area contributed by atoms with Crippen LogP contribution in [0.2, 0.25) is 0 Å². The van der Waals surface area contributed by atoms with Crippen LogP contribution in [0.5, 0.6) is 0 Å². The lowest BCUT2D eigenvalue weighted by atomic mass is 10.1. The van der Waals surface area contributed by atoms with Crippen LogP contribution in [0.4, 0.5) is 5.69 Å². The Morgan fingerprint density at radius 1 is 1.14 bits per heavy atom. The van der Waals surface area contributed by atoms with E-state index in [1.165, 1.54) is 19.2 Å². The summed E-state index contributed by atoms with van der Waals surface area (Å²) in [5.41, 5.74) is 2.44. The standard InChI is InChI=1S/C19H18BrN3O3S2/c1-13-21-18(12-27-13)14-3-7-16(8-4-14)22-19(24)11-23(2)28(25,26)17-9-5-15(20)6-10-17/h3-10,12H,11H2,1-2H3,(H,22,24). The molecule has 3 rings (SSSR count). The fraction of sp³-hybridized carbons (Fsp3) is 0.158. The van der Waals surface area contributed by atoms with Gasteiger partial charge < -0.3 is 5.32 Å². The van der Waals surface area contributed by atoms with Gasteiger partial charge in [0.25, 0.3) is 0 Å². The Morgan fingerprint density at radius 3 is 2.36 bits per heavy atom. The maximum absolute atomic E-state index is 12.6. The smallest absolute Gasteiger partial charge is 0.243 e. The van der Waals surface area contributed by atoms with Crippen molar-refractivity contribution in [3.63, 3.8) is 0 Å². The van der Waals surface area contributed by atoms with E-state index in [-0.39, 0.29) is 11.4 Å². The molecule has 0 saturated carbocycles. The SMILES string of the molecule is Cc1nc(-c2ccc(NC(=O)CN(C)S(=O)(=O)c3ccc(Br)cc3)cc2)cs1. The summed E-state index contributed by atoms with van der Waals surface area (Å²) in [6.45, 7) is 1.66. The van der Waals surface area contributed by atoms with E-state index >= 15 is 0 Å². The lowest BCUT2D eigenvalue weighted by Crippen LogP contribution is -2.34. The largest absolute Gasteiger partial charge is 0.325 e. The first-order chi connectivity index (χ1) is 13.3. The number of aryl methyl sites for hydroxylation is 1. The first-order valence-electron chi connectivity index (χ1n) is 8.30. The lowest BCUT2D eigenvalue weighted by molar-refractivity contribution is -0.116. The van der Waals surface area contributed by atoms with Gasteiger partial charge in [-0.15, -0.1) is 11.3 Å². The van der Waals surface area contributed by atoms with Crippen molar-refractivity contribution in [2.24, 2.45) is 0 Å². The van der Waals surface area contributed by atoms with E-state index in [2.05, 4.69) is 26.2 Å². The Balaban J connectivity index is 1.64. The first kappa shape index (κ1) is 20.7. The van der Waals surface area contributed by atoms with Crippen LogP contribution >= 0.6 is 27.3 Å². The second-order valence-corrected chi connectivity index (χ2v) is 10.1. The summed E-state index contributed by atoms with van der Waals surface area (Å²) < 4.78 is 26.9. The van der Waals surface area contributed by atoms with Gasteiger partial charge in [0.15, 0.2) is 0 Å². The average Bonchev–Trinajstić information content (AvgIpc) is 3.09. The number of hydrogen-bond donors (Lipinski definition) is 1. The highest BCUT2D eigenvalue weighted by molar-refractivity contribution is 9.10. The molecule has 3 aromatic rings. The van der Waals surface area contributed by atoms with Crippen LogP contribution in [-0.4, -0.2) is 37.2 Å². The van der Waals surface area contributed by atoms with E-state index in [0.29, 0.717) is 5.69 Å². The van der Waals surface area contributed by atoms with Crippen molar-refractivity contribution in [2.45, 2.75) is 11.8 Å². The van der Waals surface area contributed by atoms with Crippen molar-refractivity contribution in [1.82, 2.24) is 9.29 Å². The number of benzene rings is 2. The van der Waals surface area contributed by atoms with Crippen molar-refractivity contribution in [3.05, 3.63) is 63.4 Å². The van der Waals surface area contributed by atoms with Gasteiger partial charge in [0.2, 0.25) is 15.9 Å². The summed E-state index contributed by atoms with van der Waals surface area (Å²) in [5, 5.41) is 5.68. The predicted molar refractivity (Wildman–Crippen MR) is 115 cm³/mol. The summed E-state index contributed by atoms with van der Waals surface area (Å²) in [6.07, 6.45) is 0. The number of likely N-dealkylation sites (N-methyl/N-ethyl adjacent to an activating group) is 1. The number of amides is 1. The summed E-state index contributed by atoms with van der Waals surface area (Å²) in [7, 11) is -2.36. The molecule has 146 valence electrons. The zero-order chi connectivity index (χ0) is 20.3. The topological polar surface area (TPSA) is 79.4 Å². The highest BCUT2D eigenvalue weighted by Crippen LogP contribution is 2.23. The molecule has 0 fully saturated rings. The molecule has 9 heteroatoms. The summed E-state index contributed by atoms with van der Waals surface area (Å²) >= 11 is 4.85. The Labute approximate surface area is 176 Å². The van der Waals surface area contributed by atoms with Gasteiger partial charge in [-0.25, -0.2) is 13.4 Å². The highest BCUT2D eigenvalue weighted by atomic mass is 79.9. The van der Waals surface area contributed by atoms with Gasteiger partial charge in [-0.1, -0.05) is 28.1 Å². The number of carbonyl (C=O) groups is 1. The zero-order valence-electron chi connectivity index (χ0n) is 15.2. The molecule has 1 amide bonds. The van der Waals surface area contributed by atoms with E-state index in [1.54, 1.807) is 35.6 Å². The molecule has 1 aromatic heterocycles. The lowest BCUT2D eigenvalue weighted by Gasteiger charge is -2.17. The second-order valence-electron chi connectivity index (χ2n) is 6.09. The zero-order valence-corrected chi connectivity index (χ0v) is 18.4. The minimum Gasteiger partial charge on any atom is -0.325 e. The Kier molecular flexibility index (Phi) is 6.29. The number of anilines is 1. The first-order valence-corrected chi connectivity index (χ1v) is 11.4. The molecule has 6 nitrogen and oxygen atoms in total. The average molecular weight is 480 g/mol. The maximum atomic E-state index is 12.6. The molecule has 0 bridgehead atoms. The van der Waals surface area contributed by atoms with Gasteiger partial charge in [0, 0.05) is 28.2 Å². The van der Waals surface area contributed by atoms with Crippen LogP contribution in [0.1, 0.15) is 5.01 Å². The van der Waals surface area contributed by atoms with E-state index in [9.17, 15) is 13.2 Å². The minimum atomic E-state index is -3.74. The van der Waals surface area contributed by atoms with Crippen molar-refractivity contribution in [1.29, 1.82) is 0 Å². The van der Waals surface area contributed by atoms with Gasteiger partial charge >= 0.3 is 0 Å². The molecule has 28 heavy (non-hydrogen) atoms. The molecular weight excluding hydrogens is 462 g/mol. The Morgan fingerprint density at radius 2 is 1.79 bits per heavy atom. The molecule has 0 spiro atoms. The van der Waals surface area contributed by atoms with Crippen LogP contribution in [0.25, 0.3) is 11.3 Å². The number of nitrogens with zero attached hydrogens (tertiary/aromatic N) is 2. The molecule has 0 radical (unpaired) electrons. The molecular formula is C19H18BrN3O3S2. The van der Waals surface area contributed by atoms with Gasteiger partial charge in [-0.05, 0) is 43.3 Å². The number of sulfonamides is 1. The molecule has 0 atom stereocenters. The summed E-state index contributed by atoms with van der Waals surface area (Å²) in [6, 6.07) is 13.5. The third-order valence-corrected chi connectivity index (χ3v) is 7.09. The number of halogens is 1. The van der Waals surface area contributed by atoms with Gasteiger partial charge in [0.05, 0.1) is 22.1 Å². The third-order valence-electron chi connectivity index (χ3n) is 3.97. The van der Waals surface area contributed by atoms with Gasteiger partial charge in [-0.3, -0.25) is 4.79 Å². The van der Waals surface area contributed by atoms with E-state index in [0.717, 1.165) is 25.0 Å². The molecule has 1 N–H and O–H groups in total. The molecule has 0 saturated heterocycles. The number of rotatable bonds is 6. The van der Waals surface area contributed by atoms with Crippen LogP contribution in [0, 0.1) is 6.92 Å². The van der Waals surface area contributed by atoms with Crippen LogP contribution in [0.3, 0.4) is 0 Å². The van der Waals surface area contributed by atoms with E-state index in [1.807, 2.05) is 24.4 Å². The molecule has 1 heterocycles. The van der Waals surface area contributed by atoms with Crippen LogP contribution in [0.15, 0.2) is 63.3 Å². The highest BCUT2D eigenvalue weighted by Gasteiger charge is 2.22. The number of nitrogens with one attached hydrogen (secondary N) is 1. The van der Waals surface area contributed by atoms with E-state index in [4.69, 9.17) is 0 Å². The van der Waals surface area contributed by atoms with Gasteiger partial charge in [-0.2, -0.15) is 4.31 Å². The van der Waals surface area contributed by atoms with Crippen molar-refractivity contribution in [3.8, 4) is 11.3 Å². The van der Waals surface area contributed by atoms with Crippen molar-refractivity contribution in [2.75, 3.05) is 18.9 Å². The quantitative estimate of drug-likeness (QED) is 0.575. The van der Waals surface area contributed by atoms with Crippen LogP contribution in [-0.2, 0) is 14.8 Å². The number of hydrogen-bond acceptors (Lipinski definition) is 5. The van der Waals surface area contributed by atoms with E-state index < -0.39 is 15.9 Å². The fourth-order valence-electron chi connectivity index (χ4n) is 2.49. The Bertz CT molecular complexity index is 1080. The number of carbonyl (C=O) groups excluding carboxylic acids is 1. The normalized spacial score (nSPS) is 11.6. The second kappa shape index (κ2) is 8.52. The van der Waals surface area contributed by atoms with Crippen molar-refractivity contribution >= 4 is 48.9 Å². The molecule has 2 aromatic carbocycles. The number of aromatic nitrogens is 1. The molecule has 0 aliphatic carbocycles.